The number of aliphatic hydroxyl groups excluding tert-OH is 3. The Bertz CT molecular complexity index is 977. The molecular weight excluding hydrogens is 432 g/mol. The molecule has 0 aliphatic carbocycles. The van der Waals surface area contributed by atoms with Crippen LogP contribution in [-0.2, 0) is 21.0 Å². The largest absolute Gasteiger partial charge is 0.497 e. The number of sulfone groups is 1. The third kappa shape index (κ3) is 5.32. The fraction of sp³-hybridized carbons (Fsp3) is 0.429. The van der Waals surface area contributed by atoms with Gasteiger partial charge in [-0.1, -0.05) is 35.9 Å². The van der Waals surface area contributed by atoms with Crippen LogP contribution in [0.1, 0.15) is 22.8 Å². The van der Waals surface area contributed by atoms with Gasteiger partial charge >= 0.3 is 0 Å². The van der Waals surface area contributed by atoms with Crippen molar-refractivity contribution in [2.45, 2.75) is 36.9 Å². The van der Waals surface area contributed by atoms with Crippen LogP contribution in [0.25, 0.3) is 0 Å². The Labute approximate surface area is 180 Å². The minimum atomic E-state index is -3.47. The van der Waals surface area contributed by atoms with Crippen LogP contribution in [0.15, 0.2) is 42.5 Å². The summed E-state index contributed by atoms with van der Waals surface area (Å²) in [5.74, 6) is 0.266. The third-order valence-electron chi connectivity index (χ3n) is 5.13. The summed E-state index contributed by atoms with van der Waals surface area (Å²) >= 11 is 6.35. The number of rotatable bonds is 6. The molecule has 2 aromatic rings. The molecule has 1 aliphatic heterocycles. The summed E-state index contributed by atoms with van der Waals surface area (Å²) in [7, 11) is -1.88. The van der Waals surface area contributed by atoms with Gasteiger partial charge in [0, 0.05) is 11.3 Å². The first-order chi connectivity index (χ1) is 14.1. The van der Waals surface area contributed by atoms with Crippen LogP contribution in [0.2, 0.25) is 5.02 Å². The van der Waals surface area contributed by atoms with Gasteiger partial charge in [-0.25, -0.2) is 8.42 Å². The van der Waals surface area contributed by atoms with E-state index >= 15 is 0 Å². The lowest BCUT2D eigenvalue weighted by molar-refractivity contribution is -0.218. The molecule has 5 atom stereocenters. The molecule has 30 heavy (non-hydrogen) atoms. The van der Waals surface area contributed by atoms with Gasteiger partial charge in [0.05, 0.1) is 12.9 Å². The van der Waals surface area contributed by atoms with Gasteiger partial charge in [0.25, 0.3) is 0 Å². The van der Waals surface area contributed by atoms with E-state index in [-0.39, 0.29) is 0 Å². The van der Waals surface area contributed by atoms with Gasteiger partial charge < -0.3 is 24.8 Å². The number of hydrogen-bond donors (Lipinski definition) is 3. The first kappa shape index (κ1) is 23.0. The minimum Gasteiger partial charge on any atom is -0.497 e. The average molecular weight is 457 g/mol. The number of methoxy groups -OCH3 is 1. The fourth-order valence-electron chi connectivity index (χ4n) is 3.53. The van der Waals surface area contributed by atoms with Crippen LogP contribution >= 0.6 is 11.6 Å². The van der Waals surface area contributed by atoms with Crippen molar-refractivity contribution in [1.82, 2.24) is 0 Å². The number of halogens is 1. The lowest BCUT2D eigenvalue weighted by atomic mass is 9.90. The fourth-order valence-corrected chi connectivity index (χ4v) is 4.59. The van der Waals surface area contributed by atoms with Crippen molar-refractivity contribution < 1.29 is 33.2 Å². The molecule has 1 saturated heterocycles. The van der Waals surface area contributed by atoms with Crippen molar-refractivity contribution in [3.05, 3.63) is 64.2 Å². The molecule has 0 aromatic heterocycles. The maximum absolute atomic E-state index is 11.7. The predicted molar refractivity (Wildman–Crippen MR) is 113 cm³/mol. The smallest absolute Gasteiger partial charge is 0.150 e. The topological polar surface area (TPSA) is 113 Å². The molecule has 0 unspecified atom stereocenters. The normalized spacial score (nSPS) is 27.1. The number of ether oxygens (including phenoxy) is 2. The van der Waals surface area contributed by atoms with Gasteiger partial charge in [-0.05, 0) is 41.3 Å². The molecule has 0 bridgehead atoms. The lowest BCUT2D eigenvalue weighted by Crippen LogP contribution is -2.55. The highest BCUT2D eigenvalue weighted by atomic mass is 35.5. The van der Waals surface area contributed by atoms with Gasteiger partial charge in [0.1, 0.15) is 46.1 Å². The molecule has 7 nitrogen and oxygen atoms in total. The second kappa shape index (κ2) is 9.21. The second-order valence-corrected chi connectivity index (χ2v) is 10.1. The van der Waals surface area contributed by atoms with E-state index < -0.39 is 46.1 Å². The molecular formula is C21H25ClO7S. The van der Waals surface area contributed by atoms with E-state index in [4.69, 9.17) is 21.1 Å². The monoisotopic (exact) mass is 456 g/mol. The zero-order valence-corrected chi connectivity index (χ0v) is 18.2. The molecule has 2 aromatic carbocycles. The van der Waals surface area contributed by atoms with E-state index in [1.165, 1.54) is 0 Å². The molecule has 3 N–H and O–H groups in total. The van der Waals surface area contributed by atoms with Crippen LogP contribution in [0.5, 0.6) is 5.75 Å². The SMILES string of the molecule is COc1ccc(Cc2cc([C@@H]3O[C@H](CS(C)(=O)=O)[C@@H](O)[C@H](O)[C@H]3O)ccc2Cl)cc1. The van der Waals surface area contributed by atoms with Gasteiger partial charge in [0.2, 0.25) is 0 Å². The maximum atomic E-state index is 11.7. The zero-order valence-electron chi connectivity index (χ0n) is 16.6. The Morgan fingerprint density at radius 2 is 1.70 bits per heavy atom. The first-order valence-electron chi connectivity index (χ1n) is 9.37. The van der Waals surface area contributed by atoms with Crippen molar-refractivity contribution in [2.24, 2.45) is 0 Å². The van der Waals surface area contributed by atoms with Crippen LogP contribution in [-0.4, -0.2) is 67.3 Å². The molecule has 164 valence electrons. The highest BCUT2D eigenvalue weighted by Gasteiger charge is 2.45. The van der Waals surface area contributed by atoms with Crippen LogP contribution in [0.4, 0.5) is 0 Å². The molecule has 0 saturated carbocycles. The lowest BCUT2D eigenvalue weighted by Gasteiger charge is -2.40. The van der Waals surface area contributed by atoms with Crippen molar-refractivity contribution in [1.29, 1.82) is 0 Å². The number of hydrogen-bond acceptors (Lipinski definition) is 7. The molecule has 1 aliphatic rings. The zero-order chi connectivity index (χ0) is 22.1. The molecule has 0 radical (unpaired) electrons. The summed E-state index contributed by atoms with van der Waals surface area (Å²) < 4.78 is 34.2. The summed E-state index contributed by atoms with van der Waals surface area (Å²) in [6.07, 6.45) is -5.13. The molecule has 0 spiro atoms. The highest BCUT2D eigenvalue weighted by molar-refractivity contribution is 7.90. The van der Waals surface area contributed by atoms with Crippen molar-refractivity contribution in [3.8, 4) is 5.75 Å². The Kier molecular flexibility index (Phi) is 7.06. The Balaban J connectivity index is 1.87. The maximum Gasteiger partial charge on any atom is 0.150 e. The van der Waals surface area contributed by atoms with E-state index in [0.717, 1.165) is 23.1 Å². The Hall–Kier alpha value is -1.68. The van der Waals surface area contributed by atoms with Crippen molar-refractivity contribution in [3.63, 3.8) is 0 Å². The molecule has 1 fully saturated rings. The minimum absolute atomic E-state index is 0.471. The van der Waals surface area contributed by atoms with Gasteiger partial charge in [-0.2, -0.15) is 0 Å². The Morgan fingerprint density at radius 1 is 1.03 bits per heavy atom. The van der Waals surface area contributed by atoms with E-state index in [1.807, 2.05) is 24.3 Å². The predicted octanol–water partition coefficient (Wildman–Crippen LogP) is 1.51. The van der Waals surface area contributed by atoms with Gasteiger partial charge in [-0.15, -0.1) is 0 Å². The molecule has 0 amide bonds. The van der Waals surface area contributed by atoms with Crippen LogP contribution in [0.3, 0.4) is 0 Å². The summed E-state index contributed by atoms with van der Waals surface area (Å²) in [6, 6.07) is 12.6. The second-order valence-electron chi connectivity index (χ2n) is 7.54. The van der Waals surface area contributed by atoms with Crippen LogP contribution < -0.4 is 4.74 Å². The highest BCUT2D eigenvalue weighted by Crippen LogP contribution is 2.35. The third-order valence-corrected chi connectivity index (χ3v) is 6.43. The first-order valence-corrected chi connectivity index (χ1v) is 11.8. The summed E-state index contributed by atoms with van der Waals surface area (Å²) in [5, 5.41) is 31.4. The van der Waals surface area contributed by atoms with Crippen molar-refractivity contribution in [2.75, 3.05) is 19.1 Å². The molecule has 1 heterocycles. The standard InChI is InChI=1S/C21H25ClO7S/c1-28-15-6-3-12(4-7-15)9-14-10-13(5-8-16(14)22)21-20(25)19(24)18(23)17(29-21)11-30(2,26)27/h3-8,10,17-21,23-25H,9,11H2,1-2H3/t17-,18-,19+,20-,21+/m1/s1. The number of benzene rings is 2. The molecule has 9 heteroatoms. The summed E-state index contributed by atoms with van der Waals surface area (Å²) in [4.78, 5) is 0. The Morgan fingerprint density at radius 3 is 2.30 bits per heavy atom. The summed E-state index contributed by atoms with van der Waals surface area (Å²) in [5.41, 5.74) is 2.29. The quantitative estimate of drug-likeness (QED) is 0.603. The van der Waals surface area contributed by atoms with Crippen molar-refractivity contribution >= 4 is 21.4 Å². The van der Waals surface area contributed by atoms with Gasteiger partial charge in [0.15, 0.2) is 0 Å². The van der Waals surface area contributed by atoms with E-state index in [1.54, 1.807) is 25.3 Å². The van der Waals surface area contributed by atoms with E-state index in [2.05, 4.69) is 0 Å². The average Bonchev–Trinajstić information content (AvgIpc) is 2.70. The van der Waals surface area contributed by atoms with E-state index in [0.29, 0.717) is 17.0 Å². The number of aliphatic hydroxyl groups is 3. The van der Waals surface area contributed by atoms with Gasteiger partial charge in [-0.3, -0.25) is 0 Å². The summed E-state index contributed by atoms with van der Waals surface area (Å²) in [6.45, 7) is 0. The molecule has 3 rings (SSSR count). The van der Waals surface area contributed by atoms with Crippen LogP contribution in [0, 0.1) is 0 Å². The van der Waals surface area contributed by atoms with E-state index in [9.17, 15) is 23.7 Å².